The Morgan fingerprint density at radius 3 is 2.72 bits per heavy atom. The van der Waals surface area contributed by atoms with Crippen LogP contribution in [0.5, 0.6) is 0 Å². The van der Waals surface area contributed by atoms with E-state index in [1.165, 1.54) is 12.8 Å². The summed E-state index contributed by atoms with van der Waals surface area (Å²) in [6.07, 6.45) is 4.94. The van der Waals surface area contributed by atoms with Gasteiger partial charge in [-0.05, 0) is 56.3 Å². The minimum atomic E-state index is -0.927. The maximum absolute atomic E-state index is 12.9. The summed E-state index contributed by atoms with van der Waals surface area (Å²) in [5, 5.41) is 9.49. The van der Waals surface area contributed by atoms with Crippen molar-refractivity contribution in [2.45, 2.75) is 62.7 Å². The van der Waals surface area contributed by atoms with Crippen LogP contribution in [0.15, 0.2) is 18.2 Å². The molecule has 0 radical (unpaired) electrons. The van der Waals surface area contributed by atoms with Gasteiger partial charge in [0.15, 0.2) is 0 Å². The lowest BCUT2D eigenvalue weighted by Gasteiger charge is -2.30. The quantitative estimate of drug-likeness (QED) is 0.639. The molecule has 1 saturated carbocycles. The van der Waals surface area contributed by atoms with Crippen LogP contribution in [0, 0.1) is 0 Å². The van der Waals surface area contributed by atoms with Gasteiger partial charge >= 0.3 is 0 Å². The molecule has 0 aromatic heterocycles. The smallest absolute Gasteiger partial charge is 0.262 e. The highest BCUT2D eigenvalue weighted by Crippen LogP contribution is 2.37. The minimum absolute atomic E-state index is 0.121. The molecule has 8 nitrogen and oxygen atoms in total. The summed E-state index contributed by atoms with van der Waals surface area (Å²) in [5.74, 6) is -1.88. The zero-order chi connectivity index (χ0) is 20.2. The monoisotopic (exact) mass is 396 g/mol. The first-order chi connectivity index (χ1) is 14.0. The Bertz CT molecular complexity index is 917. The number of amides is 4. The summed E-state index contributed by atoms with van der Waals surface area (Å²) < 4.78 is 0. The fourth-order valence-corrected chi connectivity index (χ4v) is 5.34. The number of hydrogen-bond acceptors (Lipinski definition) is 6. The van der Waals surface area contributed by atoms with E-state index in [-0.39, 0.29) is 24.3 Å². The van der Waals surface area contributed by atoms with Crippen LogP contribution in [0.3, 0.4) is 0 Å². The maximum Gasteiger partial charge on any atom is 0.262 e. The fourth-order valence-electron chi connectivity index (χ4n) is 5.34. The van der Waals surface area contributed by atoms with Gasteiger partial charge in [0, 0.05) is 24.5 Å². The summed E-state index contributed by atoms with van der Waals surface area (Å²) >= 11 is 0. The molecule has 3 fully saturated rings. The molecule has 2 saturated heterocycles. The van der Waals surface area contributed by atoms with Crippen LogP contribution in [-0.2, 0) is 16.1 Å². The van der Waals surface area contributed by atoms with Crippen LogP contribution < -0.4 is 16.0 Å². The molecule has 0 bridgehead atoms. The van der Waals surface area contributed by atoms with Crippen LogP contribution in [0.4, 0.5) is 0 Å². The van der Waals surface area contributed by atoms with Crippen molar-refractivity contribution < 1.29 is 19.2 Å². The van der Waals surface area contributed by atoms with Gasteiger partial charge in [-0.3, -0.25) is 29.4 Å². The molecule has 3 aliphatic heterocycles. The standard InChI is InChI=1S/C21H24N4O4/c26-17-6-5-15(18(27)24-17)25-19(28)13-4-3-12(10-14(13)20(25)29)11-23-21-7-1-2-16(21)22-9-8-21/h3-4,10,15-16,22-23H,1-2,5-9,11H2,(H,24,26,27)/t15?,16-,21+/m1/s1. The number of nitrogens with one attached hydrogen (secondary N) is 3. The number of carbonyl (C=O) groups is 4. The van der Waals surface area contributed by atoms with Crippen molar-refractivity contribution in [3.05, 3.63) is 34.9 Å². The number of hydrogen-bond donors (Lipinski definition) is 3. The van der Waals surface area contributed by atoms with E-state index in [4.69, 9.17) is 0 Å². The zero-order valence-corrected chi connectivity index (χ0v) is 16.1. The molecule has 8 heteroatoms. The molecular weight excluding hydrogens is 372 g/mol. The van der Waals surface area contributed by atoms with Gasteiger partial charge in [0.25, 0.3) is 11.8 Å². The zero-order valence-electron chi connectivity index (χ0n) is 16.1. The van der Waals surface area contributed by atoms with Gasteiger partial charge in [0.2, 0.25) is 11.8 Å². The number of imide groups is 2. The third kappa shape index (κ3) is 2.89. The molecule has 4 aliphatic rings. The fraction of sp³-hybridized carbons (Fsp3) is 0.524. The van der Waals surface area contributed by atoms with Gasteiger partial charge in [-0.25, -0.2) is 0 Å². The Hall–Kier alpha value is -2.58. The average Bonchev–Trinajstić information content (AvgIpc) is 3.34. The van der Waals surface area contributed by atoms with Gasteiger partial charge in [-0.1, -0.05) is 6.07 Å². The molecule has 0 spiro atoms. The Balaban J connectivity index is 1.34. The van der Waals surface area contributed by atoms with Crippen molar-refractivity contribution in [2.75, 3.05) is 6.54 Å². The normalized spacial score (nSPS) is 31.2. The number of rotatable bonds is 4. The first kappa shape index (κ1) is 18.4. The minimum Gasteiger partial charge on any atom is -0.312 e. The van der Waals surface area contributed by atoms with Crippen molar-refractivity contribution in [3.63, 3.8) is 0 Å². The van der Waals surface area contributed by atoms with Crippen LogP contribution in [0.1, 0.15) is 64.8 Å². The molecular formula is C21H24N4O4. The number of carbonyl (C=O) groups excluding carboxylic acids is 4. The van der Waals surface area contributed by atoms with E-state index in [2.05, 4.69) is 16.0 Å². The van der Waals surface area contributed by atoms with Crippen LogP contribution in [0.2, 0.25) is 0 Å². The molecule has 1 aromatic rings. The lowest BCUT2D eigenvalue weighted by atomic mass is 9.92. The van der Waals surface area contributed by atoms with Gasteiger partial charge in [-0.2, -0.15) is 0 Å². The Morgan fingerprint density at radius 2 is 1.90 bits per heavy atom. The number of benzene rings is 1. The molecule has 1 aliphatic carbocycles. The lowest BCUT2D eigenvalue weighted by molar-refractivity contribution is -0.136. The highest BCUT2D eigenvalue weighted by Gasteiger charge is 2.46. The Morgan fingerprint density at radius 1 is 1.07 bits per heavy atom. The predicted octanol–water partition coefficient (Wildman–Crippen LogP) is 0.462. The number of nitrogens with zero attached hydrogens (tertiary/aromatic N) is 1. The molecule has 3 heterocycles. The topological polar surface area (TPSA) is 108 Å². The SMILES string of the molecule is O=C1CCC(N2C(=O)c3ccc(CN[C@]45CCC[C@H]4NCC5)cc3C2=O)C(=O)N1. The summed E-state index contributed by atoms with van der Waals surface area (Å²) in [6, 6.07) is 4.88. The average molecular weight is 396 g/mol. The van der Waals surface area contributed by atoms with Gasteiger partial charge < -0.3 is 10.6 Å². The molecule has 29 heavy (non-hydrogen) atoms. The third-order valence-electron chi connectivity index (χ3n) is 6.89. The summed E-state index contributed by atoms with van der Waals surface area (Å²) in [4.78, 5) is 50.3. The molecule has 1 aromatic carbocycles. The highest BCUT2D eigenvalue weighted by molar-refractivity contribution is 6.23. The summed E-state index contributed by atoms with van der Waals surface area (Å²) in [7, 11) is 0. The third-order valence-corrected chi connectivity index (χ3v) is 6.89. The predicted molar refractivity (Wildman–Crippen MR) is 103 cm³/mol. The second-order valence-corrected chi connectivity index (χ2v) is 8.49. The first-order valence-corrected chi connectivity index (χ1v) is 10.3. The van der Waals surface area contributed by atoms with E-state index in [1.807, 2.05) is 6.07 Å². The van der Waals surface area contributed by atoms with Crippen molar-refractivity contribution in [3.8, 4) is 0 Å². The highest BCUT2D eigenvalue weighted by atomic mass is 16.2. The van der Waals surface area contributed by atoms with E-state index >= 15 is 0 Å². The Kier molecular flexibility index (Phi) is 4.29. The largest absolute Gasteiger partial charge is 0.312 e. The van der Waals surface area contributed by atoms with Crippen LogP contribution in [0.25, 0.3) is 0 Å². The van der Waals surface area contributed by atoms with Crippen LogP contribution in [-0.4, -0.2) is 52.7 Å². The van der Waals surface area contributed by atoms with Crippen molar-refractivity contribution >= 4 is 23.6 Å². The van der Waals surface area contributed by atoms with Crippen molar-refractivity contribution in [1.29, 1.82) is 0 Å². The molecule has 5 rings (SSSR count). The van der Waals surface area contributed by atoms with E-state index in [9.17, 15) is 19.2 Å². The second-order valence-electron chi connectivity index (χ2n) is 8.49. The molecule has 3 N–H and O–H groups in total. The van der Waals surface area contributed by atoms with Crippen molar-refractivity contribution in [2.24, 2.45) is 0 Å². The summed E-state index contributed by atoms with van der Waals surface area (Å²) in [5.41, 5.74) is 1.73. The Labute approximate surface area is 168 Å². The molecule has 4 amide bonds. The van der Waals surface area contributed by atoms with E-state index in [0.29, 0.717) is 23.7 Å². The van der Waals surface area contributed by atoms with Crippen molar-refractivity contribution in [1.82, 2.24) is 20.9 Å². The van der Waals surface area contributed by atoms with E-state index < -0.39 is 23.8 Å². The van der Waals surface area contributed by atoms with Gasteiger partial charge in [-0.15, -0.1) is 0 Å². The van der Waals surface area contributed by atoms with Gasteiger partial charge in [0.05, 0.1) is 11.1 Å². The van der Waals surface area contributed by atoms with Gasteiger partial charge in [0.1, 0.15) is 6.04 Å². The van der Waals surface area contributed by atoms with E-state index in [1.54, 1.807) is 12.1 Å². The number of fused-ring (bicyclic) bond motifs is 2. The molecule has 152 valence electrons. The van der Waals surface area contributed by atoms with Crippen LogP contribution >= 0.6 is 0 Å². The number of piperidine rings is 1. The second kappa shape index (κ2) is 6.74. The summed E-state index contributed by atoms with van der Waals surface area (Å²) in [6.45, 7) is 1.65. The lowest BCUT2D eigenvalue weighted by Crippen LogP contribution is -2.54. The first-order valence-electron chi connectivity index (χ1n) is 10.3. The maximum atomic E-state index is 12.9. The molecule has 3 atom stereocenters. The molecule has 1 unspecified atom stereocenters. The van der Waals surface area contributed by atoms with E-state index in [0.717, 1.165) is 29.8 Å².